The number of anilines is 2. The average Bonchev–Trinajstić information content (AvgIpc) is 3.12. The van der Waals surface area contributed by atoms with Gasteiger partial charge in [-0.25, -0.2) is 9.97 Å². The van der Waals surface area contributed by atoms with E-state index >= 15 is 0 Å². The van der Waals surface area contributed by atoms with Crippen LogP contribution in [0, 0.1) is 20.8 Å². The molecule has 1 aromatic carbocycles. The molecule has 2 heterocycles. The van der Waals surface area contributed by atoms with Crippen LogP contribution in [0.4, 0.5) is 11.6 Å². The Morgan fingerprint density at radius 3 is 2.36 bits per heavy atom. The van der Waals surface area contributed by atoms with E-state index < -0.39 is 0 Å². The van der Waals surface area contributed by atoms with Crippen LogP contribution in [-0.4, -0.2) is 29.0 Å². The molecule has 0 unspecified atom stereocenters. The molecule has 0 saturated carbocycles. The highest BCUT2D eigenvalue weighted by Crippen LogP contribution is 2.23. The summed E-state index contributed by atoms with van der Waals surface area (Å²) >= 11 is 0. The van der Waals surface area contributed by atoms with Crippen molar-refractivity contribution in [1.82, 2.24) is 9.97 Å². The van der Waals surface area contributed by atoms with Crippen LogP contribution >= 0.6 is 0 Å². The Balaban J connectivity index is 1.74. The lowest BCUT2D eigenvalue weighted by Gasteiger charge is -2.18. The molecule has 0 bridgehead atoms. The van der Waals surface area contributed by atoms with Gasteiger partial charge in [0.15, 0.2) is 0 Å². The lowest BCUT2D eigenvalue weighted by molar-refractivity contribution is -0.111. The summed E-state index contributed by atoms with van der Waals surface area (Å²) in [5.41, 5.74) is 4.46. The summed E-state index contributed by atoms with van der Waals surface area (Å²) in [4.78, 5) is 23.6. The van der Waals surface area contributed by atoms with E-state index in [0.717, 1.165) is 41.6 Å². The van der Waals surface area contributed by atoms with Gasteiger partial charge in [-0.1, -0.05) is 24.3 Å². The van der Waals surface area contributed by atoms with E-state index in [2.05, 4.69) is 20.2 Å². The van der Waals surface area contributed by atoms with Crippen LogP contribution in [0.25, 0.3) is 6.08 Å². The van der Waals surface area contributed by atoms with E-state index in [1.54, 1.807) is 6.08 Å². The molecule has 1 amide bonds. The van der Waals surface area contributed by atoms with Crippen molar-refractivity contribution in [3.8, 4) is 0 Å². The first kappa shape index (κ1) is 17.1. The van der Waals surface area contributed by atoms with Gasteiger partial charge < -0.3 is 10.2 Å². The maximum absolute atomic E-state index is 12.3. The van der Waals surface area contributed by atoms with Gasteiger partial charge in [0, 0.05) is 19.2 Å². The summed E-state index contributed by atoms with van der Waals surface area (Å²) in [6.07, 6.45) is 5.75. The maximum Gasteiger partial charge on any atom is 0.248 e. The zero-order chi connectivity index (χ0) is 17.8. The molecule has 130 valence electrons. The standard InChI is InChI=1S/C20H24N4O/c1-14-8-4-5-9-17(14)10-11-18(25)23-19-15(2)21-20(22-16(19)3)24-12-6-7-13-24/h4-5,8-11H,6-7,12-13H2,1-3H3,(H,23,25)/b11-10+. The van der Waals surface area contributed by atoms with Crippen molar-refractivity contribution in [2.24, 2.45) is 0 Å². The maximum atomic E-state index is 12.3. The molecule has 0 spiro atoms. The SMILES string of the molecule is Cc1ccccc1/C=C/C(=O)Nc1c(C)nc(N2CCCC2)nc1C. The highest BCUT2D eigenvalue weighted by Gasteiger charge is 2.18. The first-order valence-electron chi connectivity index (χ1n) is 8.69. The number of carbonyl (C=O) groups is 1. The molecule has 1 aliphatic rings. The molecule has 0 atom stereocenters. The number of rotatable bonds is 4. The van der Waals surface area contributed by atoms with Crippen LogP contribution < -0.4 is 10.2 Å². The topological polar surface area (TPSA) is 58.1 Å². The van der Waals surface area contributed by atoms with Crippen molar-refractivity contribution in [2.45, 2.75) is 33.6 Å². The Morgan fingerprint density at radius 2 is 1.72 bits per heavy atom. The number of nitrogens with zero attached hydrogens (tertiary/aromatic N) is 3. The van der Waals surface area contributed by atoms with Gasteiger partial charge in [0.05, 0.1) is 17.1 Å². The van der Waals surface area contributed by atoms with E-state index in [9.17, 15) is 4.79 Å². The average molecular weight is 336 g/mol. The van der Waals surface area contributed by atoms with Crippen molar-refractivity contribution in [2.75, 3.05) is 23.3 Å². The molecule has 25 heavy (non-hydrogen) atoms. The molecule has 1 saturated heterocycles. The summed E-state index contributed by atoms with van der Waals surface area (Å²) in [5, 5.41) is 2.92. The molecule has 3 rings (SSSR count). The Hall–Kier alpha value is -2.69. The molecule has 2 aromatic rings. The monoisotopic (exact) mass is 336 g/mol. The minimum Gasteiger partial charge on any atom is -0.341 e. The first-order valence-corrected chi connectivity index (χ1v) is 8.69. The van der Waals surface area contributed by atoms with Crippen LogP contribution in [0.3, 0.4) is 0 Å². The van der Waals surface area contributed by atoms with Crippen molar-refractivity contribution in [3.05, 3.63) is 52.9 Å². The van der Waals surface area contributed by atoms with Gasteiger partial charge in [-0.2, -0.15) is 0 Å². The lowest BCUT2D eigenvalue weighted by atomic mass is 10.1. The second-order valence-corrected chi connectivity index (χ2v) is 6.44. The summed E-state index contributed by atoms with van der Waals surface area (Å²) in [6.45, 7) is 7.86. The molecular formula is C20H24N4O. The molecular weight excluding hydrogens is 312 g/mol. The molecule has 0 aliphatic carbocycles. The number of hydrogen-bond acceptors (Lipinski definition) is 4. The minimum absolute atomic E-state index is 0.174. The van der Waals surface area contributed by atoms with Gasteiger partial charge in [-0.3, -0.25) is 4.79 Å². The summed E-state index contributed by atoms with van der Waals surface area (Å²) in [5.74, 6) is 0.591. The minimum atomic E-state index is -0.174. The zero-order valence-corrected chi connectivity index (χ0v) is 15.0. The van der Waals surface area contributed by atoms with E-state index in [4.69, 9.17) is 0 Å². The number of benzene rings is 1. The fourth-order valence-electron chi connectivity index (χ4n) is 3.04. The van der Waals surface area contributed by atoms with E-state index in [-0.39, 0.29) is 5.91 Å². The molecule has 1 aromatic heterocycles. The van der Waals surface area contributed by atoms with Crippen molar-refractivity contribution >= 4 is 23.6 Å². The highest BCUT2D eigenvalue weighted by molar-refractivity contribution is 6.02. The third-order valence-electron chi connectivity index (χ3n) is 4.50. The molecule has 1 N–H and O–H groups in total. The van der Waals surface area contributed by atoms with E-state index in [0.29, 0.717) is 5.69 Å². The second kappa shape index (κ2) is 7.47. The fourth-order valence-corrected chi connectivity index (χ4v) is 3.04. The van der Waals surface area contributed by atoms with Gasteiger partial charge in [0.25, 0.3) is 0 Å². The van der Waals surface area contributed by atoms with Crippen molar-refractivity contribution < 1.29 is 4.79 Å². The number of amides is 1. The molecule has 0 radical (unpaired) electrons. The Labute approximate surface area is 148 Å². The van der Waals surface area contributed by atoms with Gasteiger partial charge in [-0.05, 0) is 50.8 Å². The second-order valence-electron chi connectivity index (χ2n) is 6.44. The molecule has 5 nitrogen and oxygen atoms in total. The third-order valence-corrected chi connectivity index (χ3v) is 4.50. The van der Waals surface area contributed by atoms with Crippen molar-refractivity contribution in [3.63, 3.8) is 0 Å². The van der Waals surface area contributed by atoms with Crippen LogP contribution in [0.1, 0.15) is 35.4 Å². The van der Waals surface area contributed by atoms with E-state index in [1.165, 1.54) is 12.8 Å². The van der Waals surface area contributed by atoms with Gasteiger partial charge in [0.2, 0.25) is 11.9 Å². The number of hydrogen-bond donors (Lipinski definition) is 1. The van der Waals surface area contributed by atoms with Crippen molar-refractivity contribution in [1.29, 1.82) is 0 Å². The van der Waals surface area contributed by atoms with Crippen LogP contribution in [0.15, 0.2) is 30.3 Å². The largest absolute Gasteiger partial charge is 0.341 e. The van der Waals surface area contributed by atoms with Crippen LogP contribution in [-0.2, 0) is 4.79 Å². The zero-order valence-electron chi connectivity index (χ0n) is 15.0. The van der Waals surface area contributed by atoms with Crippen LogP contribution in [0.5, 0.6) is 0 Å². The quantitative estimate of drug-likeness (QED) is 0.866. The van der Waals surface area contributed by atoms with Gasteiger partial charge >= 0.3 is 0 Å². The number of carbonyl (C=O) groups excluding carboxylic acids is 1. The normalized spacial score (nSPS) is 14.3. The molecule has 1 aliphatic heterocycles. The third kappa shape index (κ3) is 4.05. The summed E-state index contributed by atoms with van der Waals surface area (Å²) in [7, 11) is 0. The Morgan fingerprint density at radius 1 is 1.08 bits per heavy atom. The predicted molar refractivity (Wildman–Crippen MR) is 102 cm³/mol. The predicted octanol–water partition coefficient (Wildman–Crippen LogP) is 3.65. The molecule has 5 heteroatoms. The number of aryl methyl sites for hydroxylation is 3. The first-order chi connectivity index (χ1) is 12.0. The Bertz CT molecular complexity index is 784. The van der Waals surface area contributed by atoms with E-state index in [1.807, 2.05) is 51.1 Å². The molecule has 1 fully saturated rings. The van der Waals surface area contributed by atoms with Gasteiger partial charge in [-0.15, -0.1) is 0 Å². The fraction of sp³-hybridized carbons (Fsp3) is 0.350. The lowest BCUT2D eigenvalue weighted by Crippen LogP contribution is -2.22. The smallest absolute Gasteiger partial charge is 0.248 e. The number of aromatic nitrogens is 2. The summed E-state index contributed by atoms with van der Waals surface area (Å²) in [6, 6.07) is 7.96. The highest BCUT2D eigenvalue weighted by atomic mass is 16.1. The Kier molecular flexibility index (Phi) is 5.12. The van der Waals surface area contributed by atoms with Crippen LogP contribution in [0.2, 0.25) is 0 Å². The van der Waals surface area contributed by atoms with Gasteiger partial charge in [0.1, 0.15) is 0 Å². The summed E-state index contributed by atoms with van der Waals surface area (Å²) < 4.78 is 0. The number of nitrogens with one attached hydrogen (secondary N) is 1.